The number of hydrogen-bond acceptors (Lipinski definition) is 2. The van der Waals surface area contributed by atoms with Crippen LogP contribution in [0.1, 0.15) is 6.92 Å². The standard InChI is InChI=1S/C5H8N2O2/c1-3-2-4(8)7-5(9)6-3/h2,4,8H,1H3,(H2,6,7,9). The van der Waals surface area contributed by atoms with Crippen LogP contribution in [0.2, 0.25) is 0 Å². The Morgan fingerprint density at radius 1 is 1.78 bits per heavy atom. The van der Waals surface area contributed by atoms with Crippen LogP contribution in [0.5, 0.6) is 0 Å². The smallest absolute Gasteiger partial charge is 0.321 e. The molecule has 0 saturated carbocycles. The highest BCUT2D eigenvalue weighted by Gasteiger charge is 2.11. The third-order valence-electron chi connectivity index (χ3n) is 0.998. The van der Waals surface area contributed by atoms with E-state index in [4.69, 9.17) is 5.11 Å². The van der Waals surface area contributed by atoms with E-state index in [0.717, 1.165) is 0 Å². The topological polar surface area (TPSA) is 61.4 Å². The van der Waals surface area contributed by atoms with Crippen LogP contribution >= 0.6 is 0 Å². The van der Waals surface area contributed by atoms with Crippen LogP contribution in [-0.2, 0) is 0 Å². The summed E-state index contributed by atoms with van der Waals surface area (Å²) in [5, 5.41) is 13.5. The summed E-state index contributed by atoms with van der Waals surface area (Å²) in [5.74, 6) is 0. The Morgan fingerprint density at radius 2 is 2.44 bits per heavy atom. The number of nitrogens with one attached hydrogen (secondary N) is 2. The number of allylic oxidation sites excluding steroid dienone is 1. The highest BCUT2D eigenvalue weighted by Crippen LogP contribution is 1.94. The molecule has 4 heteroatoms. The number of aliphatic hydroxyl groups excluding tert-OH is 1. The monoisotopic (exact) mass is 128 g/mol. The summed E-state index contributed by atoms with van der Waals surface area (Å²) >= 11 is 0. The molecular weight excluding hydrogens is 120 g/mol. The number of hydrogen-bond donors (Lipinski definition) is 3. The summed E-state index contributed by atoms with van der Waals surface area (Å²) in [7, 11) is 0. The van der Waals surface area contributed by atoms with Crippen molar-refractivity contribution in [2.75, 3.05) is 0 Å². The molecule has 50 valence electrons. The number of rotatable bonds is 0. The molecule has 0 bridgehead atoms. The van der Waals surface area contributed by atoms with Crippen LogP contribution in [0.3, 0.4) is 0 Å². The minimum absolute atomic E-state index is 0.359. The Balaban J connectivity index is 2.67. The fraction of sp³-hybridized carbons (Fsp3) is 0.400. The lowest BCUT2D eigenvalue weighted by atomic mass is 10.3. The van der Waals surface area contributed by atoms with Gasteiger partial charge in [0.2, 0.25) is 0 Å². The van der Waals surface area contributed by atoms with E-state index >= 15 is 0 Å². The highest BCUT2D eigenvalue weighted by molar-refractivity contribution is 5.77. The quantitative estimate of drug-likeness (QED) is 0.412. The van der Waals surface area contributed by atoms with Gasteiger partial charge < -0.3 is 15.7 Å². The lowest BCUT2D eigenvalue weighted by molar-refractivity contribution is 0.173. The molecule has 1 rings (SSSR count). The Morgan fingerprint density at radius 3 is 2.89 bits per heavy atom. The van der Waals surface area contributed by atoms with Crippen molar-refractivity contribution in [3.8, 4) is 0 Å². The zero-order valence-electron chi connectivity index (χ0n) is 5.01. The molecule has 4 nitrogen and oxygen atoms in total. The normalized spacial score (nSPS) is 26.2. The zero-order chi connectivity index (χ0) is 6.85. The molecule has 0 radical (unpaired) electrons. The van der Waals surface area contributed by atoms with E-state index < -0.39 is 6.23 Å². The molecular formula is C5H8N2O2. The number of aliphatic hydroxyl groups is 1. The van der Waals surface area contributed by atoms with Crippen LogP contribution in [0.15, 0.2) is 11.8 Å². The zero-order valence-corrected chi connectivity index (χ0v) is 5.01. The molecule has 0 aromatic rings. The molecule has 1 heterocycles. The first kappa shape index (κ1) is 6.10. The first-order valence-corrected chi connectivity index (χ1v) is 2.62. The van der Waals surface area contributed by atoms with Crippen molar-refractivity contribution in [2.45, 2.75) is 13.2 Å². The molecule has 2 amide bonds. The maximum atomic E-state index is 10.5. The predicted octanol–water partition coefficient (Wildman–Crippen LogP) is -0.479. The second-order valence-corrected chi connectivity index (χ2v) is 1.89. The van der Waals surface area contributed by atoms with Gasteiger partial charge in [0.25, 0.3) is 0 Å². The minimum atomic E-state index is -0.834. The maximum Gasteiger partial charge on any atom is 0.321 e. The summed E-state index contributed by atoms with van der Waals surface area (Å²) in [6, 6.07) is -0.359. The largest absolute Gasteiger partial charge is 0.370 e. The SMILES string of the molecule is CC1=CC(O)NC(=O)N1. The first-order chi connectivity index (χ1) is 4.18. The van der Waals surface area contributed by atoms with Crippen LogP contribution in [0.4, 0.5) is 4.79 Å². The van der Waals surface area contributed by atoms with Crippen molar-refractivity contribution in [3.05, 3.63) is 11.8 Å². The molecule has 3 N–H and O–H groups in total. The lowest BCUT2D eigenvalue weighted by Gasteiger charge is -2.16. The second-order valence-electron chi connectivity index (χ2n) is 1.89. The van der Waals surface area contributed by atoms with Gasteiger partial charge in [-0.1, -0.05) is 0 Å². The van der Waals surface area contributed by atoms with Crippen LogP contribution in [0.25, 0.3) is 0 Å². The van der Waals surface area contributed by atoms with Gasteiger partial charge in [-0.25, -0.2) is 4.79 Å². The average molecular weight is 128 g/mol. The molecule has 1 unspecified atom stereocenters. The van der Waals surface area contributed by atoms with Gasteiger partial charge in [-0.2, -0.15) is 0 Å². The Kier molecular flexibility index (Phi) is 1.40. The summed E-state index contributed by atoms with van der Waals surface area (Å²) in [6.07, 6.45) is 0.681. The van der Waals surface area contributed by atoms with Crippen molar-refractivity contribution < 1.29 is 9.90 Å². The van der Waals surface area contributed by atoms with Gasteiger partial charge in [0, 0.05) is 5.70 Å². The summed E-state index contributed by atoms with van der Waals surface area (Å²) < 4.78 is 0. The van der Waals surface area contributed by atoms with E-state index in [1.807, 2.05) is 0 Å². The third kappa shape index (κ3) is 1.43. The van der Waals surface area contributed by atoms with Crippen LogP contribution in [0, 0.1) is 0 Å². The Hall–Kier alpha value is -1.03. The number of amides is 2. The van der Waals surface area contributed by atoms with Crippen molar-refractivity contribution in [2.24, 2.45) is 0 Å². The minimum Gasteiger partial charge on any atom is -0.370 e. The fourth-order valence-electron chi connectivity index (χ4n) is 0.670. The third-order valence-corrected chi connectivity index (χ3v) is 0.998. The summed E-state index contributed by atoms with van der Waals surface area (Å²) in [6.45, 7) is 1.71. The number of urea groups is 1. The van der Waals surface area contributed by atoms with Gasteiger partial charge >= 0.3 is 6.03 Å². The molecule has 0 spiro atoms. The van der Waals surface area contributed by atoms with E-state index in [0.29, 0.717) is 5.70 Å². The fourth-order valence-corrected chi connectivity index (χ4v) is 0.670. The number of carbonyl (C=O) groups excluding carboxylic acids is 1. The van der Waals surface area contributed by atoms with E-state index in [1.165, 1.54) is 6.08 Å². The summed E-state index contributed by atoms with van der Waals surface area (Å²) in [5.41, 5.74) is 0.672. The van der Waals surface area contributed by atoms with Gasteiger partial charge in [-0.15, -0.1) is 0 Å². The molecule has 1 aliphatic heterocycles. The lowest BCUT2D eigenvalue weighted by Crippen LogP contribution is -2.44. The van der Waals surface area contributed by atoms with Gasteiger partial charge in [0.05, 0.1) is 0 Å². The Bertz CT molecular complexity index is 164. The van der Waals surface area contributed by atoms with Crippen molar-refractivity contribution >= 4 is 6.03 Å². The van der Waals surface area contributed by atoms with Gasteiger partial charge in [0.15, 0.2) is 0 Å². The second kappa shape index (κ2) is 2.06. The molecule has 1 atom stereocenters. The maximum absolute atomic E-state index is 10.5. The van der Waals surface area contributed by atoms with Crippen LogP contribution in [-0.4, -0.2) is 17.4 Å². The highest BCUT2D eigenvalue weighted by atomic mass is 16.3. The summed E-state index contributed by atoms with van der Waals surface area (Å²) in [4.78, 5) is 10.5. The molecule has 0 saturated heterocycles. The van der Waals surface area contributed by atoms with Gasteiger partial charge in [0.1, 0.15) is 6.23 Å². The molecule has 0 aliphatic carbocycles. The molecule has 0 fully saturated rings. The molecule has 9 heavy (non-hydrogen) atoms. The van der Waals surface area contributed by atoms with E-state index in [1.54, 1.807) is 6.92 Å². The van der Waals surface area contributed by atoms with E-state index in [-0.39, 0.29) is 6.03 Å². The molecule has 0 aromatic carbocycles. The van der Waals surface area contributed by atoms with Crippen molar-refractivity contribution in [1.29, 1.82) is 0 Å². The molecule has 0 aromatic heterocycles. The van der Waals surface area contributed by atoms with Gasteiger partial charge in [-0.3, -0.25) is 0 Å². The Labute approximate surface area is 52.6 Å². The predicted molar refractivity (Wildman–Crippen MR) is 31.4 cm³/mol. The van der Waals surface area contributed by atoms with Gasteiger partial charge in [-0.05, 0) is 13.0 Å². The van der Waals surface area contributed by atoms with Crippen molar-refractivity contribution in [1.82, 2.24) is 10.6 Å². The molecule has 1 aliphatic rings. The average Bonchev–Trinajstić information content (AvgIpc) is 1.59. The number of carbonyl (C=O) groups is 1. The van der Waals surface area contributed by atoms with Crippen molar-refractivity contribution in [3.63, 3.8) is 0 Å². The van der Waals surface area contributed by atoms with E-state index in [2.05, 4.69) is 10.6 Å². The van der Waals surface area contributed by atoms with E-state index in [9.17, 15) is 4.79 Å². The first-order valence-electron chi connectivity index (χ1n) is 2.62. The van der Waals surface area contributed by atoms with Crippen LogP contribution < -0.4 is 10.6 Å².